The molecule has 0 aliphatic carbocycles. The maximum Gasteiger partial charge on any atom is 0.261 e. The van der Waals surface area contributed by atoms with Gasteiger partial charge in [0.25, 0.3) is 8.32 Å². The van der Waals surface area contributed by atoms with Crippen LogP contribution in [0.3, 0.4) is 0 Å². The van der Waals surface area contributed by atoms with Crippen LogP contribution in [0.5, 0.6) is 5.75 Å². The third-order valence-corrected chi connectivity index (χ3v) is 13.4. The Labute approximate surface area is 254 Å². The van der Waals surface area contributed by atoms with Crippen molar-refractivity contribution in [3.05, 3.63) is 119 Å². The van der Waals surface area contributed by atoms with Gasteiger partial charge >= 0.3 is 0 Å². The first-order valence-corrected chi connectivity index (χ1v) is 17.2. The van der Waals surface area contributed by atoms with Gasteiger partial charge in [0.15, 0.2) is 0 Å². The summed E-state index contributed by atoms with van der Waals surface area (Å²) in [6, 6.07) is 25.7. The van der Waals surface area contributed by atoms with Gasteiger partial charge in [-0.15, -0.1) is 0 Å². The zero-order chi connectivity index (χ0) is 30.3. The first-order chi connectivity index (χ1) is 20.1. The molecule has 0 spiro atoms. The number of benzene rings is 3. The maximum atomic E-state index is 10.2. The minimum absolute atomic E-state index is 0.0174. The summed E-state index contributed by atoms with van der Waals surface area (Å²) in [4.78, 5) is 0. The number of hydrogen-bond donors (Lipinski definition) is 1. The molecule has 4 heteroatoms. The molecule has 1 N–H and O–H groups in total. The lowest BCUT2D eigenvalue weighted by Gasteiger charge is -2.43. The lowest BCUT2D eigenvalue weighted by Crippen LogP contribution is -2.66. The SMILES string of the molecule is C=C(CO[Si](c1ccccc1)(c1ccccc1)C(C)(C)C)C1=CCOC1CC/C(=C/c1cc(C)c(O)c(C)c1)CCC. The van der Waals surface area contributed by atoms with Gasteiger partial charge in [0.1, 0.15) is 5.75 Å². The molecule has 3 nitrogen and oxygen atoms in total. The normalized spacial score (nSPS) is 16.0. The van der Waals surface area contributed by atoms with E-state index in [4.69, 9.17) is 9.16 Å². The molecule has 3 aromatic carbocycles. The van der Waals surface area contributed by atoms with Gasteiger partial charge in [0.2, 0.25) is 0 Å². The van der Waals surface area contributed by atoms with Crippen LogP contribution >= 0.6 is 0 Å². The van der Waals surface area contributed by atoms with Crippen LogP contribution in [0.1, 0.15) is 70.1 Å². The number of phenolic OH excluding ortho intramolecular Hbond substituents is 1. The zero-order valence-corrected chi connectivity index (χ0v) is 27.4. The van der Waals surface area contributed by atoms with Gasteiger partial charge in [-0.3, -0.25) is 0 Å². The molecular formula is C38H48O3Si. The number of rotatable bonds is 12. The monoisotopic (exact) mass is 580 g/mol. The van der Waals surface area contributed by atoms with E-state index >= 15 is 0 Å². The number of allylic oxidation sites excluding steroid dienone is 1. The summed E-state index contributed by atoms with van der Waals surface area (Å²) in [6.07, 6.45) is 8.50. The average Bonchev–Trinajstić information content (AvgIpc) is 3.44. The molecule has 0 fully saturated rings. The van der Waals surface area contributed by atoms with Crippen LogP contribution in [0.2, 0.25) is 5.04 Å². The zero-order valence-electron chi connectivity index (χ0n) is 26.4. The molecule has 3 aromatic rings. The van der Waals surface area contributed by atoms with Crippen molar-refractivity contribution in [2.24, 2.45) is 0 Å². The van der Waals surface area contributed by atoms with Crippen LogP contribution in [0, 0.1) is 13.8 Å². The van der Waals surface area contributed by atoms with Gasteiger partial charge in [-0.25, -0.2) is 0 Å². The van der Waals surface area contributed by atoms with E-state index in [2.05, 4.69) is 119 Å². The van der Waals surface area contributed by atoms with Crippen LogP contribution < -0.4 is 10.4 Å². The molecule has 222 valence electrons. The van der Waals surface area contributed by atoms with E-state index in [0.29, 0.717) is 19.0 Å². The molecule has 0 amide bonds. The van der Waals surface area contributed by atoms with Crippen LogP contribution in [0.15, 0.2) is 102 Å². The number of aromatic hydroxyl groups is 1. The van der Waals surface area contributed by atoms with Crippen LogP contribution in [0.25, 0.3) is 6.08 Å². The molecule has 0 saturated heterocycles. The summed E-state index contributed by atoms with van der Waals surface area (Å²) < 4.78 is 13.4. The Bertz CT molecular complexity index is 1350. The fraction of sp³-hybridized carbons (Fsp3) is 0.368. The summed E-state index contributed by atoms with van der Waals surface area (Å²) in [5.41, 5.74) is 6.58. The van der Waals surface area contributed by atoms with E-state index in [0.717, 1.165) is 47.9 Å². The lowest BCUT2D eigenvalue weighted by molar-refractivity contribution is 0.115. The Balaban J connectivity index is 1.52. The quantitative estimate of drug-likeness (QED) is 0.219. The van der Waals surface area contributed by atoms with Crippen molar-refractivity contribution >= 4 is 24.8 Å². The van der Waals surface area contributed by atoms with Gasteiger partial charge in [0, 0.05) is 0 Å². The predicted molar refractivity (Wildman–Crippen MR) is 180 cm³/mol. The van der Waals surface area contributed by atoms with Crippen molar-refractivity contribution in [3.63, 3.8) is 0 Å². The molecule has 0 aromatic heterocycles. The summed E-state index contributed by atoms with van der Waals surface area (Å²) in [7, 11) is -2.64. The predicted octanol–water partition coefficient (Wildman–Crippen LogP) is 8.43. The molecule has 0 radical (unpaired) electrons. The Morgan fingerprint density at radius 3 is 2.07 bits per heavy atom. The van der Waals surface area contributed by atoms with Gasteiger partial charge in [-0.2, -0.15) is 0 Å². The molecule has 1 heterocycles. The van der Waals surface area contributed by atoms with Gasteiger partial charge in [-0.1, -0.05) is 119 Å². The minimum atomic E-state index is -2.64. The highest BCUT2D eigenvalue weighted by molar-refractivity contribution is 6.99. The Morgan fingerprint density at radius 1 is 0.976 bits per heavy atom. The molecule has 0 bridgehead atoms. The van der Waals surface area contributed by atoms with Crippen molar-refractivity contribution in [2.75, 3.05) is 13.2 Å². The fourth-order valence-electron chi connectivity index (χ4n) is 6.34. The second kappa shape index (κ2) is 13.9. The topological polar surface area (TPSA) is 38.7 Å². The minimum Gasteiger partial charge on any atom is -0.507 e. The highest BCUT2D eigenvalue weighted by Gasteiger charge is 2.50. The van der Waals surface area contributed by atoms with Crippen molar-refractivity contribution in [3.8, 4) is 5.75 Å². The highest BCUT2D eigenvalue weighted by Crippen LogP contribution is 2.38. The molecular weight excluding hydrogens is 533 g/mol. The molecule has 0 saturated carbocycles. The molecule has 4 rings (SSSR count). The first kappa shape index (κ1) is 31.7. The highest BCUT2D eigenvalue weighted by atomic mass is 28.4. The summed E-state index contributed by atoms with van der Waals surface area (Å²) in [5.74, 6) is 0.386. The van der Waals surface area contributed by atoms with E-state index in [1.54, 1.807) is 0 Å². The van der Waals surface area contributed by atoms with Gasteiger partial charge in [-0.05, 0) is 88.5 Å². The van der Waals surface area contributed by atoms with Crippen LogP contribution in [-0.4, -0.2) is 32.7 Å². The van der Waals surface area contributed by atoms with Crippen molar-refractivity contribution in [1.29, 1.82) is 0 Å². The Kier molecular flexibility index (Phi) is 10.5. The Morgan fingerprint density at radius 2 is 1.55 bits per heavy atom. The van der Waals surface area contributed by atoms with E-state index in [9.17, 15) is 5.11 Å². The second-order valence-corrected chi connectivity index (χ2v) is 16.9. The van der Waals surface area contributed by atoms with Crippen molar-refractivity contribution in [1.82, 2.24) is 0 Å². The van der Waals surface area contributed by atoms with Crippen LogP contribution in [0.4, 0.5) is 0 Å². The third-order valence-electron chi connectivity index (χ3n) is 8.42. The molecule has 1 atom stereocenters. The van der Waals surface area contributed by atoms with Gasteiger partial charge < -0.3 is 14.3 Å². The first-order valence-electron chi connectivity index (χ1n) is 15.3. The van der Waals surface area contributed by atoms with E-state index < -0.39 is 8.32 Å². The second-order valence-electron chi connectivity index (χ2n) is 12.6. The molecule has 1 aliphatic heterocycles. The number of hydrogen-bond acceptors (Lipinski definition) is 3. The Hall–Kier alpha value is -3.18. The third kappa shape index (κ3) is 7.06. The number of phenols is 1. The summed E-state index contributed by atoms with van der Waals surface area (Å²) >= 11 is 0. The largest absolute Gasteiger partial charge is 0.507 e. The number of aryl methyl sites for hydroxylation is 2. The lowest BCUT2D eigenvalue weighted by atomic mass is 9.94. The fourth-order valence-corrected chi connectivity index (χ4v) is 10.9. The molecule has 42 heavy (non-hydrogen) atoms. The van der Waals surface area contributed by atoms with Gasteiger partial charge in [0.05, 0.1) is 19.3 Å². The van der Waals surface area contributed by atoms with Crippen molar-refractivity contribution < 1.29 is 14.3 Å². The van der Waals surface area contributed by atoms with E-state index in [1.807, 2.05) is 13.8 Å². The molecule has 1 unspecified atom stereocenters. The number of ether oxygens (including phenoxy) is 1. The maximum absolute atomic E-state index is 10.2. The summed E-state index contributed by atoms with van der Waals surface area (Å²) in [5, 5.41) is 12.7. The standard InChI is InChI=1S/C38H48O3Si/c1-8-15-31(26-32-24-28(2)37(39)29(3)25-32)20-21-36-35(22-23-40-36)30(4)27-41-42(38(5,6)7,33-16-11-9-12-17-33)34-18-13-10-14-19-34/h9-14,16-19,22,24-26,36,39H,4,8,15,20-21,23,27H2,1-3,5-7H3/b31-26+. The van der Waals surface area contributed by atoms with E-state index in [1.165, 1.54) is 21.5 Å². The van der Waals surface area contributed by atoms with Crippen LogP contribution in [-0.2, 0) is 9.16 Å². The van der Waals surface area contributed by atoms with E-state index in [-0.39, 0.29) is 11.1 Å². The molecule has 1 aliphatic rings. The smallest absolute Gasteiger partial charge is 0.261 e. The van der Waals surface area contributed by atoms with Crippen molar-refractivity contribution in [2.45, 2.75) is 78.4 Å². The average molecular weight is 581 g/mol. The summed E-state index contributed by atoms with van der Waals surface area (Å²) in [6.45, 7) is 18.7.